The molecule has 0 spiro atoms. The molecule has 2 aromatic rings. The normalized spacial score (nSPS) is 15.5. The van der Waals surface area contributed by atoms with Crippen LogP contribution in [0.2, 0.25) is 0 Å². The number of methoxy groups -OCH3 is 3. The van der Waals surface area contributed by atoms with Gasteiger partial charge < -0.3 is 24.4 Å². The van der Waals surface area contributed by atoms with Gasteiger partial charge in [-0.05, 0) is 43.3 Å². The Labute approximate surface area is 172 Å². The maximum absolute atomic E-state index is 12.7. The molecular weight excluding hydrogens is 370 g/mol. The Morgan fingerprint density at radius 2 is 1.55 bits per heavy atom. The van der Waals surface area contributed by atoms with Crippen molar-refractivity contribution in [2.24, 2.45) is 0 Å². The first-order chi connectivity index (χ1) is 14.0. The Morgan fingerprint density at radius 1 is 0.897 bits per heavy atom. The number of hydrogen-bond acceptors (Lipinski definition) is 6. The lowest BCUT2D eigenvalue weighted by Gasteiger charge is -2.38. The van der Waals surface area contributed by atoms with E-state index in [1.807, 2.05) is 25.1 Å². The fraction of sp³-hybridized carbons (Fsp3) is 0.409. The number of hydrogen-bond donors (Lipinski definition) is 1. The first-order valence-electron chi connectivity index (χ1n) is 9.71. The minimum atomic E-state index is -0.221. The first kappa shape index (κ1) is 20.8. The summed E-state index contributed by atoms with van der Waals surface area (Å²) in [5.41, 5.74) is 1.87. The molecule has 1 heterocycles. The Bertz CT molecular complexity index is 817. The number of anilines is 2. The SMILES string of the molecule is COc1ccc(N2CCN([C@@H](C)C(=O)Nc3ccc(OC)c(OC)c3)CC2)cc1. The second-order valence-corrected chi connectivity index (χ2v) is 6.96. The quantitative estimate of drug-likeness (QED) is 0.773. The van der Waals surface area contributed by atoms with Gasteiger partial charge in [-0.15, -0.1) is 0 Å². The van der Waals surface area contributed by atoms with Crippen LogP contribution in [0.4, 0.5) is 11.4 Å². The van der Waals surface area contributed by atoms with Gasteiger partial charge in [0.05, 0.1) is 27.4 Å². The predicted octanol–water partition coefficient (Wildman–Crippen LogP) is 2.86. The fourth-order valence-electron chi connectivity index (χ4n) is 3.49. The lowest BCUT2D eigenvalue weighted by Crippen LogP contribution is -2.52. The molecule has 0 radical (unpaired) electrons. The zero-order valence-electron chi connectivity index (χ0n) is 17.5. The summed E-state index contributed by atoms with van der Waals surface area (Å²) >= 11 is 0. The smallest absolute Gasteiger partial charge is 0.241 e. The first-order valence-corrected chi connectivity index (χ1v) is 9.71. The van der Waals surface area contributed by atoms with E-state index in [0.29, 0.717) is 17.2 Å². The Kier molecular flexibility index (Phi) is 6.82. The predicted molar refractivity (Wildman–Crippen MR) is 114 cm³/mol. The van der Waals surface area contributed by atoms with Gasteiger partial charge in [0.1, 0.15) is 5.75 Å². The molecule has 1 aliphatic rings. The monoisotopic (exact) mass is 399 g/mol. The minimum absolute atomic E-state index is 0.0323. The maximum atomic E-state index is 12.7. The average molecular weight is 399 g/mol. The van der Waals surface area contributed by atoms with E-state index in [9.17, 15) is 4.79 Å². The lowest BCUT2D eigenvalue weighted by atomic mass is 10.2. The Morgan fingerprint density at radius 3 is 2.14 bits per heavy atom. The zero-order valence-corrected chi connectivity index (χ0v) is 17.5. The zero-order chi connectivity index (χ0) is 20.8. The van der Waals surface area contributed by atoms with E-state index in [0.717, 1.165) is 31.9 Å². The second kappa shape index (κ2) is 9.52. The number of nitrogens with zero attached hydrogens (tertiary/aromatic N) is 2. The third-order valence-electron chi connectivity index (χ3n) is 5.33. The topological polar surface area (TPSA) is 63.3 Å². The molecule has 0 saturated carbocycles. The van der Waals surface area contributed by atoms with Gasteiger partial charge in [0.25, 0.3) is 0 Å². The number of carbonyl (C=O) groups is 1. The number of ether oxygens (including phenoxy) is 3. The highest BCUT2D eigenvalue weighted by molar-refractivity contribution is 5.94. The number of carbonyl (C=O) groups excluding carboxylic acids is 1. The van der Waals surface area contributed by atoms with Crippen molar-refractivity contribution in [1.82, 2.24) is 4.90 Å². The fourth-order valence-corrected chi connectivity index (χ4v) is 3.49. The summed E-state index contributed by atoms with van der Waals surface area (Å²) in [7, 11) is 4.83. The molecule has 1 N–H and O–H groups in total. The molecule has 0 unspecified atom stereocenters. The Hall–Kier alpha value is -2.93. The molecule has 1 atom stereocenters. The minimum Gasteiger partial charge on any atom is -0.497 e. The number of amides is 1. The third-order valence-corrected chi connectivity index (χ3v) is 5.33. The molecular formula is C22H29N3O4. The van der Waals surface area contributed by atoms with E-state index in [1.165, 1.54) is 5.69 Å². The van der Waals surface area contributed by atoms with E-state index in [-0.39, 0.29) is 11.9 Å². The number of nitrogens with one attached hydrogen (secondary N) is 1. The van der Waals surface area contributed by atoms with Crippen LogP contribution in [0.1, 0.15) is 6.92 Å². The summed E-state index contributed by atoms with van der Waals surface area (Å²) in [6.07, 6.45) is 0. The van der Waals surface area contributed by atoms with Crippen LogP contribution in [-0.4, -0.2) is 64.4 Å². The van der Waals surface area contributed by atoms with Crippen molar-refractivity contribution in [3.05, 3.63) is 42.5 Å². The van der Waals surface area contributed by atoms with E-state index < -0.39 is 0 Å². The standard InChI is InChI=1S/C22H29N3O4/c1-16(22(26)23-17-5-10-20(28-3)21(15-17)29-4)24-11-13-25(14-12-24)18-6-8-19(27-2)9-7-18/h5-10,15-16H,11-14H2,1-4H3,(H,23,26)/t16-/m0/s1. The van der Waals surface area contributed by atoms with Crippen LogP contribution in [0.25, 0.3) is 0 Å². The molecule has 7 heteroatoms. The molecule has 7 nitrogen and oxygen atoms in total. The molecule has 0 aromatic heterocycles. The van der Waals surface area contributed by atoms with Gasteiger partial charge >= 0.3 is 0 Å². The molecule has 1 amide bonds. The highest BCUT2D eigenvalue weighted by atomic mass is 16.5. The van der Waals surface area contributed by atoms with Crippen molar-refractivity contribution < 1.29 is 19.0 Å². The molecule has 1 saturated heterocycles. The molecule has 3 rings (SSSR count). The van der Waals surface area contributed by atoms with Gasteiger partial charge in [0, 0.05) is 43.6 Å². The summed E-state index contributed by atoms with van der Waals surface area (Å²) < 4.78 is 15.8. The molecule has 0 aliphatic carbocycles. The largest absolute Gasteiger partial charge is 0.497 e. The number of piperazine rings is 1. The van der Waals surface area contributed by atoms with E-state index in [1.54, 1.807) is 33.5 Å². The van der Waals surface area contributed by atoms with Crippen molar-refractivity contribution in [1.29, 1.82) is 0 Å². The summed E-state index contributed by atoms with van der Waals surface area (Å²) in [5, 5.41) is 2.98. The highest BCUT2D eigenvalue weighted by Gasteiger charge is 2.26. The van der Waals surface area contributed by atoms with Gasteiger partial charge in [-0.1, -0.05) is 0 Å². The maximum Gasteiger partial charge on any atom is 0.241 e. The van der Waals surface area contributed by atoms with Crippen LogP contribution in [-0.2, 0) is 4.79 Å². The van der Waals surface area contributed by atoms with E-state index in [2.05, 4.69) is 27.2 Å². The van der Waals surface area contributed by atoms with E-state index >= 15 is 0 Å². The molecule has 1 fully saturated rings. The van der Waals surface area contributed by atoms with Crippen LogP contribution < -0.4 is 24.4 Å². The van der Waals surface area contributed by atoms with Crippen LogP contribution in [0.3, 0.4) is 0 Å². The molecule has 0 bridgehead atoms. The van der Waals surface area contributed by atoms with Crippen molar-refractivity contribution in [2.75, 3.05) is 57.7 Å². The van der Waals surface area contributed by atoms with Crippen LogP contribution >= 0.6 is 0 Å². The van der Waals surface area contributed by atoms with Gasteiger partial charge in [-0.3, -0.25) is 9.69 Å². The van der Waals surface area contributed by atoms with Gasteiger partial charge in [0.2, 0.25) is 5.91 Å². The van der Waals surface area contributed by atoms with Crippen molar-refractivity contribution >= 4 is 17.3 Å². The summed E-state index contributed by atoms with van der Waals surface area (Å²) in [6, 6.07) is 13.2. The number of benzene rings is 2. The lowest BCUT2D eigenvalue weighted by molar-refractivity contribution is -0.120. The van der Waals surface area contributed by atoms with Crippen LogP contribution in [0, 0.1) is 0 Å². The van der Waals surface area contributed by atoms with Crippen molar-refractivity contribution in [3.63, 3.8) is 0 Å². The Balaban J connectivity index is 1.55. The molecule has 156 valence electrons. The van der Waals surface area contributed by atoms with Gasteiger partial charge in [0.15, 0.2) is 11.5 Å². The van der Waals surface area contributed by atoms with Crippen molar-refractivity contribution in [2.45, 2.75) is 13.0 Å². The van der Waals surface area contributed by atoms with Crippen LogP contribution in [0.5, 0.6) is 17.2 Å². The van der Waals surface area contributed by atoms with E-state index in [4.69, 9.17) is 14.2 Å². The number of rotatable bonds is 7. The second-order valence-electron chi connectivity index (χ2n) is 6.96. The molecule has 29 heavy (non-hydrogen) atoms. The van der Waals surface area contributed by atoms with Crippen molar-refractivity contribution in [3.8, 4) is 17.2 Å². The van der Waals surface area contributed by atoms with Crippen LogP contribution in [0.15, 0.2) is 42.5 Å². The van der Waals surface area contributed by atoms with Gasteiger partial charge in [-0.2, -0.15) is 0 Å². The highest BCUT2D eigenvalue weighted by Crippen LogP contribution is 2.30. The summed E-state index contributed by atoms with van der Waals surface area (Å²) in [6.45, 7) is 5.35. The average Bonchev–Trinajstić information content (AvgIpc) is 2.78. The molecule has 2 aromatic carbocycles. The summed E-state index contributed by atoms with van der Waals surface area (Å²) in [4.78, 5) is 17.3. The van der Waals surface area contributed by atoms with Gasteiger partial charge in [-0.25, -0.2) is 0 Å². The third kappa shape index (κ3) is 4.92. The molecule has 1 aliphatic heterocycles. The summed E-state index contributed by atoms with van der Waals surface area (Å²) in [5.74, 6) is 2.04.